The fourth-order valence-electron chi connectivity index (χ4n) is 3.76. The summed E-state index contributed by atoms with van der Waals surface area (Å²) in [6.07, 6.45) is 5.07. The number of hydrogen-bond acceptors (Lipinski definition) is 2. The Morgan fingerprint density at radius 1 is 1.20 bits per heavy atom. The van der Waals surface area contributed by atoms with Crippen molar-refractivity contribution in [3.8, 4) is 0 Å². The van der Waals surface area contributed by atoms with Crippen molar-refractivity contribution in [2.45, 2.75) is 32.1 Å². The third-order valence-electron chi connectivity index (χ3n) is 4.75. The molecule has 0 spiro atoms. The van der Waals surface area contributed by atoms with Gasteiger partial charge in [0.25, 0.3) is 0 Å². The van der Waals surface area contributed by atoms with Crippen molar-refractivity contribution < 1.29 is 14.6 Å². The third kappa shape index (κ3) is 1.40. The van der Waals surface area contributed by atoms with Crippen LogP contribution in [0.15, 0.2) is 0 Å². The van der Waals surface area contributed by atoms with E-state index in [1.54, 1.807) is 0 Å². The largest absolute Gasteiger partial charge is 0.481 e. The van der Waals surface area contributed by atoms with Crippen molar-refractivity contribution in [2.75, 3.05) is 13.2 Å². The molecule has 0 radical (unpaired) electrons. The zero-order chi connectivity index (χ0) is 10.5. The van der Waals surface area contributed by atoms with Gasteiger partial charge in [0.2, 0.25) is 0 Å². The molecule has 0 bridgehead atoms. The molecule has 3 heteroatoms. The first kappa shape index (κ1) is 9.64. The fraction of sp³-hybridized carbons (Fsp3) is 0.917. The lowest BCUT2D eigenvalue weighted by Crippen LogP contribution is -2.40. The first-order valence-corrected chi connectivity index (χ1v) is 6.03. The predicted molar refractivity (Wildman–Crippen MR) is 54.4 cm³/mol. The molecule has 1 heterocycles. The summed E-state index contributed by atoms with van der Waals surface area (Å²) in [6.45, 7) is 1.52. The summed E-state index contributed by atoms with van der Waals surface area (Å²) in [5.74, 6) is 1.31. The van der Waals surface area contributed by atoms with Crippen LogP contribution in [0.1, 0.15) is 32.1 Å². The fourth-order valence-corrected chi connectivity index (χ4v) is 3.76. The molecule has 84 valence electrons. The highest BCUT2D eigenvalue weighted by Crippen LogP contribution is 2.63. The molecule has 1 N–H and O–H groups in total. The van der Waals surface area contributed by atoms with Gasteiger partial charge in [-0.1, -0.05) is 0 Å². The number of fused-ring (bicyclic) bond motifs is 1. The standard InChI is InChI=1S/C12H18O3/c13-11(14)12(6-8-5-9(8)7-12)10-1-3-15-4-2-10/h8-10H,1-7H2,(H,13,14). The molecule has 2 unspecified atom stereocenters. The quantitative estimate of drug-likeness (QED) is 0.757. The molecule has 0 amide bonds. The van der Waals surface area contributed by atoms with Crippen LogP contribution in [0.2, 0.25) is 0 Å². The van der Waals surface area contributed by atoms with Crippen LogP contribution in [0.25, 0.3) is 0 Å². The Labute approximate surface area is 89.8 Å². The first-order valence-electron chi connectivity index (χ1n) is 6.03. The van der Waals surface area contributed by atoms with E-state index in [0.717, 1.165) is 50.7 Å². The predicted octanol–water partition coefficient (Wildman–Crippen LogP) is 1.91. The topological polar surface area (TPSA) is 46.5 Å². The van der Waals surface area contributed by atoms with Gasteiger partial charge >= 0.3 is 5.97 Å². The Bertz CT molecular complexity index is 271. The van der Waals surface area contributed by atoms with Crippen LogP contribution in [0, 0.1) is 23.2 Å². The molecule has 0 aromatic carbocycles. The SMILES string of the molecule is O=C(O)C1(C2CCOCC2)CC2CC2C1. The average molecular weight is 210 g/mol. The highest BCUT2D eigenvalue weighted by Gasteiger charge is 2.60. The van der Waals surface area contributed by atoms with Crippen LogP contribution in [0.4, 0.5) is 0 Å². The lowest BCUT2D eigenvalue weighted by molar-refractivity contribution is -0.155. The second-order valence-corrected chi connectivity index (χ2v) is 5.51. The van der Waals surface area contributed by atoms with Gasteiger partial charge in [0.15, 0.2) is 0 Å². The number of carbonyl (C=O) groups is 1. The summed E-state index contributed by atoms with van der Waals surface area (Å²) in [6, 6.07) is 0. The van der Waals surface area contributed by atoms with Crippen molar-refractivity contribution in [2.24, 2.45) is 23.2 Å². The summed E-state index contributed by atoms with van der Waals surface area (Å²) in [7, 11) is 0. The van der Waals surface area contributed by atoms with Crippen molar-refractivity contribution in [1.82, 2.24) is 0 Å². The Hall–Kier alpha value is -0.570. The Morgan fingerprint density at radius 2 is 1.80 bits per heavy atom. The van der Waals surface area contributed by atoms with Crippen LogP contribution >= 0.6 is 0 Å². The minimum Gasteiger partial charge on any atom is -0.481 e. The zero-order valence-electron chi connectivity index (χ0n) is 8.95. The monoisotopic (exact) mass is 210 g/mol. The molecule has 1 saturated heterocycles. The molecule has 2 saturated carbocycles. The van der Waals surface area contributed by atoms with E-state index in [1.165, 1.54) is 6.42 Å². The van der Waals surface area contributed by atoms with Gasteiger partial charge in [-0.25, -0.2) is 0 Å². The third-order valence-corrected chi connectivity index (χ3v) is 4.75. The zero-order valence-corrected chi connectivity index (χ0v) is 8.95. The van der Waals surface area contributed by atoms with Crippen LogP contribution in [0.5, 0.6) is 0 Å². The van der Waals surface area contributed by atoms with Crippen molar-refractivity contribution >= 4 is 5.97 Å². The van der Waals surface area contributed by atoms with E-state index in [1.807, 2.05) is 0 Å². The molecule has 1 aliphatic heterocycles. The van der Waals surface area contributed by atoms with E-state index in [-0.39, 0.29) is 5.41 Å². The maximum absolute atomic E-state index is 11.5. The first-order chi connectivity index (χ1) is 7.22. The molecule has 2 atom stereocenters. The Kier molecular flexibility index (Phi) is 2.06. The number of carboxylic acids is 1. The summed E-state index contributed by atoms with van der Waals surface area (Å²) in [4.78, 5) is 11.5. The lowest BCUT2D eigenvalue weighted by atomic mass is 9.68. The molecule has 3 nitrogen and oxygen atoms in total. The molecule has 3 rings (SSSR count). The molecular formula is C12H18O3. The van der Waals surface area contributed by atoms with E-state index in [0.29, 0.717) is 5.92 Å². The average Bonchev–Trinajstić information content (AvgIpc) is 2.87. The number of rotatable bonds is 2. The highest BCUT2D eigenvalue weighted by molar-refractivity contribution is 5.76. The molecular weight excluding hydrogens is 192 g/mol. The van der Waals surface area contributed by atoms with Crippen molar-refractivity contribution in [1.29, 1.82) is 0 Å². The number of hydrogen-bond donors (Lipinski definition) is 1. The van der Waals surface area contributed by atoms with Gasteiger partial charge < -0.3 is 9.84 Å². The molecule has 3 aliphatic rings. The van der Waals surface area contributed by atoms with E-state index in [9.17, 15) is 9.90 Å². The van der Waals surface area contributed by atoms with Crippen molar-refractivity contribution in [3.63, 3.8) is 0 Å². The van der Waals surface area contributed by atoms with Gasteiger partial charge in [-0.15, -0.1) is 0 Å². The van der Waals surface area contributed by atoms with Crippen LogP contribution in [-0.2, 0) is 9.53 Å². The van der Waals surface area contributed by atoms with Gasteiger partial charge in [0, 0.05) is 13.2 Å². The Morgan fingerprint density at radius 3 is 2.33 bits per heavy atom. The van der Waals surface area contributed by atoms with Crippen LogP contribution in [-0.4, -0.2) is 24.3 Å². The highest BCUT2D eigenvalue weighted by atomic mass is 16.5. The Balaban J connectivity index is 1.80. The van der Waals surface area contributed by atoms with Gasteiger partial charge in [-0.3, -0.25) is 4.79 Å². The lowest BCUT2D eigenvalue weighted by Gasteiger charge is -2.37. The summed E-state index contributed by atoms with van der Waals surface area (Å²) < 4.78 is 5.33. The minimum atomic E-state index is -0.540. The van der Waals surface area contributed by atoms with Gasteiger partial charge in [0.1, 0.15) is 0 Å². The maximum Gasteiger partial charge on any atom is 0.309 e. The molecule has 2 aliphatic carbocycles. The number of aliphatic carboxylic acids is 1. The van der Waals surface area contributed by atoms with Gasteiger partial charge in [-0.2, -0.15) is 0 Å². The number of ether oxygens (including phenoxy) is 1. The summed E-state index contributed by atoms with van der Waals surface area (Å²) >= 11 is 0. The second kappa shape index (κ2) is 3.21. The van der Waals surface area contributed by atoms with Crippen LogP contribution < -0.4 is 0 Å². The molecule has 0 aromatic heterocycles. The minimum absolute atomic E-state index is 0.372. The smallest absolute Gasteiger partial charge is 0.309 e. The summed E-state index contributed by atoms with van der Waals surface area (Å²) in [5.41, 5.74) is -0.378. The summed E-state index contributed by atoms with van der Waals surface area (Å²) in [5, 5.41) is 9.51. The normalized spacial score (nSPS) is 45.1. The van der Waals surface area contributed by atoms with Crippen molar-refractivity contribution in [3.05, 3.63) is 0 Å². The molecule has 0 aromatic rings. The second-order valence-electron chi connectivity index (χ2n) is 5.51. The van der Waals surface area contributed by atoms with E-state index >= 15 is 0 Å². The maximum atomic E-state index is 11.5. The van der Waals surface area contributed by atoms with Crippen LogP contribution in [0.3, 0.4) is 0 Å². The van der Waals surface area contributed by atoms with Gasteiger partial charge in [0.05, 0.1) is 5.41 Å². The van der Waals surface area contributed by atoms with E-state index < -0.39 is 5.97 Å². The number of carboxylic acid groups (broad SMARTS) is 1. The van der Waals surface area contributed by atoms with Gasteiger partial charge in [-0.05, 0) is 49.9 Å². The molecule has 3 fully saturated rings. The van der Waals surface area contributed by atoms with E-state index in [2.05, 4.69) is 0 Å². The molecule has 15 heavy (non-hydrogen) atoms. The van der Waals surface area contributed by atoms with E-state index in [4.69, 9.17) is 4.74 Å².